The summed E-state index contributed by atoms with van der Waals surface area (Å²) in [4.78, 5) is 15.5. The Morgan fingerprint density at radius 1 is 0.773 bits per heavy atom. The molecule has 0 radical (unpaired) electrons. The van der Waals surface area contributed by atoms with E-state index in [1.807, 2.05) is 48.5 Å². The molecule has 0 amide bonds. The van der Waals surface area contributed by atoms with Crippen LogP contribution in [-0.4, -0.2) is 31.1 Å². The minimum absolute atomic E-state index is 0.478. The van der Waals surface area contributed by atoms with E-state index < -0.39 is 6.10 Å². The molecular formula is C17H16N4O. The van der Waals surface area contributed by atoms with Gasteiger partial charge in [-0.2, -0.15) is 0 Å². The van der Waals surface area contributed by atoms with Gasteiger partial charge in [-0.05, 0) is 24.3 Å². The van der Waals surface area contributed by atoms with E-state index in [1.54, 1.807) is 0 Å². The fourth-order valence-corrected chi connectivity index (χ4v) is 2.72. The van der Waals surface area contributed by atoms with Crippen molar-refractivity contribution in [2.24, 2.45) is 0 Å². The molecule has 5 heteroatoms. The lowest BCUT2D eigenvalue weighted by atomic mass is 10.2. The molecule has 22 heavy (non-hydrogen) atoms. The van der Waals surface area contributed by atoms with E-state index in [2.05, 4.69) is 19.9 Å². The number of fused-ring (bicyclic) bond motifs is 2. The number of hydrogen-bond donors (Lipinski definition) is 3. The normalized spacial score (nSPS) is 11.7. The Labute approximate surface area is 127 Å². The van der Waals surface area contributed by atoms with Gasteiger partial charge in [-0.15, -0.1) is 0 Å². The van der Waals surface area contributed by atoms with Crippen molar-refractivity contribution in [3.05, 3.63) is 60.2 Å². The number of aromatic amines is 2. The molecule has 3 N–H and O–H groups in total. The molecule has 0 aliphatic carbocycles. The van der Waals surface area contributed by atoms with Gasteiger partial charge >= 0.3 is 0 Å². The molecule has 0 bridgehead atoms. The van der Waals surface area contributed by atoms with E-state index in [9.17, 15) is 5.11 Å². The summed E-state index contributed by atoms with van der Waals surface area (Å²) >= 11 is 0. The summed E-state index contributed by atoms with van der Waals surface area (Å²) in [5.41, 5.74) is 3.84. The number of aromatic nitrogens is 4. The highest BCUT2D eigenvalue weighted by Crippen LogP contribution is 2.14. The first kappa shape index (κ1) is 13.0. The molecule has 5 nitrogen and oxygen atoms in total. The number of benzene rings is 2. The molecule has 0 unspecified atom stereocenters. The van der Waals surface area contributed by atoms with E-state index in [0.29, 0.717) is 12.8 Å². The zero-order valence-electron chi connectivity index (χ0n) is 12.0. The third-order valence-corrected chi connectivity index (χ3v) is 3.73. The molecule has 0 fully saturated rings. The van der Waals surface area contributed by atoms with Crippen LogP contribution < -0.4 is 0 Å². The van der Waals surface area contributed by atoms with Crippen molar-refractivity contribution in [2.45, 2.75) is 18.9 Å². The standard InChI is InChI=1S/C17H16N4O/c22-11(9-16-18-12-5-1-2-6-13(12)19-16)10-17-20-14-7-3-4-8-15(14)21-17/h1-8,11,22H,9-10H2,(H,18,19)(H,20,21). The molecule has 0 atom stereocenters. The molecule has 2 aromatic carbocycles. The molecule has 0 aliphatic rings. The van der Waals surface area contributed by atoms with Crippen LogP contribution in [0.25, 0.3) is 22.1 Å². The van der Waals surface area contributed by atoms with Crippen LogP contribution >= 0.6 is 0 Å². The Balaban J connectivity index is 1.50. The Bertz CT molecular complexity index is 782. The molecule has 0 spiro atoms. The molecule has 4 aromatic rings. The summed E-state index contributed by atoms with van der Waals surface area (Å²) in [5.74, 6) is 1.59. The SMILES string of the molecule is OC(Cc1nc2ccccc2[nH]1)Cc1nc2ccccc2[nH]1. The van der Waals surface area contributed by atoms with Crippen LogP contribution in [0.15, 0.2) is 48.5 Å². The maximum Gasteiger partial charge on any atom is 0.109 e. The van der Waals surface area contributed by atoms with Crippen LogP contribution in [0.4, 0.5) is 0 Å². The lowest BCUT2D eigenvalue weighted by Crippen LogP contribution is -2.15. The summed E-state index contributed by atoms with van der Waals surface area (Å²) in [6, 6.07) is 15.7. The van der Waals surface area contributed by atoms with Gasteiger partial charge < -0.3 is 15.1 Å². The largest absolute Gasteiger partial charge is 0.392 e. The summed E-state index contributed by atoms with van der Waals surface area (Å²) in [6.07, 6.45) is 0.429. The predicted octanol–water partition coefficient (Wildman–Crippen LogP) is 2.59. The second kappa shape index (κ2) is 5.27. The monoisotopic (exact) mass is 292 g/mol. The number of hydrogen-bond acceptors (Lipinski definition) is 3. The number of aliphatic hydroxyl groups is 1. The van der Waals surface area contributed by atoms with E-state index in [0.717, 1.165) is 33.7 Å². The average molecular weight is 292 g/mol. The molecule has 0 aliphatic heterocycles. The molecule has 0 saturated heterocycles. The first-order valence-corrected chi connectivity index (χ1v) is 7.33. The number of aliphatic hydroxyl groups excluding tert-OH is 1. The van der Waals surface area contributed by atoms with E-state index >= 15 is 0 Å². The Kier molecular flexibility index (Phi) is 3.12. The van der Waals surface area contributed by atoms with Crippen molar-refractivity contribution in [1.82, 2.24) is 19.9 Å². The number of para-hydroxylation sites is 4. The van der Waals surface area contributed by atoms with Crippen molar-refractivity contribution < 1.29 is 5.11 Å². The smallest absolute Gasteiger partial charge is 0.109 e. The van der Waals surface area contributed by atoms with Crippen molar-refractivity contribution >= 4 is 22.1 Å². The Morgan fingerprint density at radius 3 is 1.68 bits per heavy atom. The van der Waals surface area contributed by atoms with E-state index in [-0.39, 0.29) is 0 Å². The number of rotatable bonds is 4. The summed E-state index contributed by atoms with van der Waals surface area (Å²) in [7, 11) is 0. The summed E-state index contributed by atoms with van der Waals surface area (Å²) in [5, 5.41) is 10.3. The van der Waals surface area contributed by atoms with E-state index in [4.69, 9.17) is 0 Å². The van der Waals surface area contributed by atoms with Crippen LogP contribution in [0.2, 0.25) is 0 Å². The molecule has 0 saturated carbocycles. The van der Waals surface area contributed by atoms with Crippen molar-refractivity contribution in [1.29, 1.82) is 0 Å². The molecule has 2 heterocycles. The van der Waals surface area contributed by atoms with Gasteiger partial charge in [0.1, 0.15) is 11.6 Å². The summed E-state index contributed by atoms with van der Waals surface area (Å²) in [6.45, 7) is 0. The van der Waals surface area contributed by atoms with Crippen LogP contribution in [0.1, 0.15) is 11.6 Å². The number of imidazole rings is 2. The highest BCUT2D eigenvalue weighted by molar-refractivity contribution is 5.75. The van der Waals surface area contributed by atoms with Crippen LogP contribution in [0.3, 0.4) is 0 Å². The third-order valence-electron chi connectivity index (χ3n) is 3.73. The molecule has 2 aromatic heterocycles. The van der Waals surface area contributed by atoms with Crippen LogP contribution in [-0.2, 0) is 12.8 Å². The fourth-order valence-electron chi connectivity index (χ4n) is 2.72. The Hall–Kier alpha value is -2.66. The lowest BCUT2D eigenvalue weighted by Gasteiger charge is -2.06. The second-order valence-electron chi connectivity index (χ2n) is 5.46. The topological polar surface area (TPSA) is 77.6 Å². The lowest BCUT2D eigenvalue weighted by molar-refractivity contribution is 0.171. The van der Waals surface area contributed by atoms with Crippen molar-refractivity contribution in [2.75, 3.05) is 0 Å². The maximum absolute atomic E-state index is 10.3. The third kappa shape index (κ3) is 2.46. The number of nitrogens with one attached hydrogen (secondary N) is 2. The van der Waals surface area contributed by atoms with Crippen molar-refractivity contribution in [3.8, 4) is 0 Å². The van der Waals surface area contributed by atoms with Gasteiger partial charge in [0.25, 0.3) is 0 Å². The summed E-state index contributed by atoms with van der Waals surface area (Å²) < 4.78 is 0. The average Bonchev–Trinajstić information content (AvgIpc) is 3.08. The maximum atomic E-state index is 10.3. The van der Waals surface area contributed by atoms with E-state index in [1.165, 1.54) is 0 Å². The van der Waals surface area contributed by atoms with Gasteiger partial charge in [0.2, 0.25) is 0 Å². The highest BCUT2D eigenvalue weighted by Gasteiger charge is 2.12. The number of nitrogens with zero attached hydrogens (tertiary/aromatic N) is 2. The van der Waals surface area contributed by atoms with Crippen molar-refractivity contribution in [3.63, 3.8) is 0 Å². The number of H-pyrrole nitrogens is 2. The van der Waals surface area contributed by atoms with Gasteiger partial charge in [-0.3, -0.25) is 0 Å². The van der Waals surface area contributed by atoms with Crippen LogP contribution in [0, 0.1) is 0 Å². The molecule has 110 valence electrons. The quantitative estimate of drug-likeness (QED) is 0.541. The second-order valence-corrected chi connectivity index (χ2v) is 5.46. The van der Waals surface area contributed by atoms with Gasteiger partial charge in [0, 0.05) is 12.8 Å². The Morgan fingerprint density at radius 2 is 1.23 bits per heavy atom. The first-order valence-electron chi connectivity index (χ1n) is 7.33. The van der Waals surface area contributed by atoms with Gasteiger partial charge in [-0.25, -0.2) is 9.97 Å². The predicted molar refractivity (Wildman–Crippen MR) is 85.6 cm³/mol. The zero-order chi connectivity index (χ0) is 14.9. The highest BCUT2D eigenvalue weighted by atomic mass is 16.3. The fraction of sp³-hybridized carbons (Fsp3) is 0.176. The molecule has 4 rings (SSSR count). The minimum atomic E-state index is -0.527. The minimum Gasteiger partial charge on any atom is -0.392 e. The van der Waals surface area contributed by atoms with Crippen LogP contribution in [0.5, 0.6) is 0 Å². The van der Waals surface area contributed by atoms with Gasteiger partial charge in [0.15, 0.2) is 0 Å². The zero-order valence-corrected chi connectivity index (χ0v) is 12.0. The first-order chi connectivity index (χ1) is 10.8. The van der Waals surface area contributed by atoms with Gasteiger partial charge in [0.05, 0.1) is 28.2 Å². The molecular weight excluding hydrogens is 276 g/mol. The van der Waals surface area contributed by atoms with Gasteiger partial charge in [-0.1, -0.05) is 24.3 Å².